The number of rotatable bonds is 4. The van der Waals surface area contributed by atoms with E-state index < -0.39 is 0 Å². The minimum Gasteiger partial charge on any atom is -0.331 e. The lowest BCUT2D eigenvalue weighted by Crippen LogP contribution is -2.45. The molecule has 0 unspecified atom stereocenters. The smallest absolute Gasteiger partial charge is 0.317 e. The van der Waals surface area contributed by atoms with E-state index in [-0.39, 0.29) is 18.0 Å². The molecular formula is C21H23N3O. The van der Waals surface area contributed by atoms with Gasteiger partial charge < -0.3 is 10.2 Å². The van der Waals surface area contributed by atoms with Crippen molar-refractivity contribution in [1.82, 2.24) is 10.2 Å². The number of likely N-dealkylation sites (tertiary alicyclic amines) is 1. The highest BCUT2D eigenvalue weighted by Gasteiger charge is 2.24. The summed E-state index contributed by atoms with van der Waals surface area (Å²) in [6.45, 7) is 1.30. The second kappa shape index (κ2) is 8.34. The van der Waals surface area contributed by atoms with Crippen molar-refractivity contribution < 1.29 is 4.79 Å². The summed E-state index contributed by atoms with van der Waals surface area (Å²) in [4.78, 5) is 14.5. The van der Waals surface area contributed by atoms with Crippen LogP contribution in [0.15, 0.2) is 60.7 Å². The predicted octanol–water partition coefficient (Wildman–Crippen LogP) is 3.92. The van der Waals surface area contributed by atoms with Crippen LogP contribution in [-0.2, 0) is 6.42 Å². The van der Waals surface area contributed by atoms with Crippen molar-refractivity contribution in [2.45, 2.75) is 25.3 Å². The molecule has 2 amide bonds. The highest BCUT2D eigenvalue weighted by atomic mass is 16.2. The molecule has 0 aromatic heterocycles. The van der Waals surface area contributed by atoms with Crippen LogP contribution in [0.25, 0.3) is 0 Å². The molecule has 3 rings (SSSR count). The number of nitriles is 1. The van der Waals surface area contributed by atoms with E-state index in [0.717, 1.165) is 24.8 Å². The maximum atomic E-state index is 12.7. The molecule has 4 heteroatoms. The zero-order chi connectivity index (χ0) is 17.5. The van der Waals surface area contributed by atoms with Gasteiger partial charge in [0.05, 0.1) is 12.1 Å². The van der Waals surface area contributed by atoms with Crippen LogP contribution in [0.1, 0.15) is 30.0 Å². The van der Waals surface area contributed by atoms with Gasteiger partial charge in [0, 0.05) is 19.0 Å². The van der Waals surface area contributed by atoms with Gasteiger partial charge in [0.25, 0.3) is 0 Å². The number of amides is 2. The molecule has 2 aromatic carbocycles. The zero-order valence-corrected chi connectivity index (χ0v) is 14.3. The normalized spacial score (nSPS) is 16.0. The van der Waals surface area contributed by atoms with E-state index in [1.54, 1.807) is 0 Å². The van der Waals surface area contributed by atoms with Gasteiger partial charge in [-0.15, -0.1) is 0 Å². The Balaban J connectivity index is 1.69. The van der Waals surface area contributed by atoms with E-state index in [1.165, 1.54) is 5.56 Å². The van der Waals surface area contributed by atoms with Gasteiger partial charge in [0.15, 0.2) is 0 Å². The monoisotopic (exact) mass is 333 g/mol. The Hall–Kier alpha value is -2.80. The van der Waals surface area contributed by atoms with Crippen LogP contribution in [0, 0.1) is 17.2 Å². The lowest BCUT2D eigenvalue weighted by atomic mass is 9.98. The molecule has 4 nitrogen and oxygen atoms in total. The number of carbonyl (C=O) groups excluding carboxylic acids is 1. The fraction of sp³-hybridized carbons (Fsp3) is 0.333. The van der Waals surface area contributed by atoms with Crippen LogP contribution in [0.5, 0.6) is 0 Å². The molecule has 0 aliphatic carbocycles. The van der Waals surface area contributed by atoms with E-state index in [0.29, 0.717) is 13.1 Å². The first kappa shape index (κ1) is 17.0. The molecule has 0 spiro atoms. The van der Waals surface area contributed by atoms with E-state index >= 15 is 0 Å². The second-order valence-electron chi connectivity index (χ2n) is 6.49. The first-order chi connectivity index (χ1) is 12.3. The summed E-state index contributed by atoms with van der Waals surface area (Å²) in [6, 6.07) is 22.5. The van der Waals surface area contributed by atoms with Gasteiger partial charge in [0.1, 0.15) is 0 Å². The number of nitrogens with zero attached hydrogens (tertiary/aromatic N) is 2. The average Bonchev–Trinajstić information content (AvgIpc) is 2.69. The van der Waals surface area contributed by atoms with Crippen molar-refractivity contribution in [3.8, 4) is 6.07 Å². The largest absolute Gasteiger partial charge is 0.331 e. The fourth-order valence-electron chi connectivity index (χ4n) is 3.24. The number of hydrogen-bond acceptors (Lipinski definition) is 2. The summed E-state index contributed by atoms with van der Waals surface area (Å²) >= 11 is 0. The molecule has 1 N–H and O–H groups in total. The molecule has 128 valence electrons. The van der Waals surface area contributed by atoms with Crippen LogP contribution >= 0.6 is 0 Å². The molecule has 1 heterocycles. The lowest BCUT2D eigenvalue weighted by molar-refractivity contribution is 0.175. The molecule has 1 atom stereocenters. The van der Waals surface area contributed by atoms with Crippen molar-refractivity contribution >= 4 is 6.03 Å². The summed E-state index contributed by atoms with van der Waals surface area (Å²) in [5.74, 6) is 0.0817. The fourth-order valence-corrected chi connectivity index (χ4v) is 3.24. The summed E-state index contributed by atoms with van der Waals surface area (Å²) < 4.78 is 0. The molecule has 2 aromatic rings. The maximum absolute atomic E-state index is 12.7. The van der Waals surface area contributed by atoms with Crippen molar-refractivity contribution in [3.63, 3.8) is 0 Å². The quantitative estimate of drug-likeness (QED) is 0.922. The Labute approximate surface area is 149 Å². The number of nitrogens with one attached hydrogen (secondary N) is 1. The van der Waals surface area contributed by atoms with Gasteiger partial charge in [-0.25, -0.2) is 4.79 Å². The third kappa shape index (κ3) is 4.60. The van der Waals surface area contributed by atoms with Crippen molar-refractivity contribution in [2.75, 3.05) is 13.1 Å². The Morgan fingerprint density at radius 2 is 1.68 bits per heavy atom. The Morgan fingerprint density at radius 3 is 2.28 bits per heavy atom. The molecule has 0 radical (unpaired) electrons. The summed E-state index contributed by atoms with van der Waals surface area (Å²) in [5, 5.41) is 12.2. The molecule has 1 aliphatic rings. The lowest BCUT2D eigenvalue weighted by Gasteiger charge is -2.31. The van der Waals surface area contributed by atoms with Crippen LogP contribution in [0.3, 0.4) is 0 Å². The number of benzene rings is 2. The van der Waals surface area contributed by atoms with Gasteiger partial charge >= 0.3 is 6.03 Å². The SMILES string of the molecule is N#CC1CCN(C(=O)N[C@@H](Cc2ccccc2)c2ccccc2)CC1. The van der Waals surface area contributed by atoms with Gasteiger partial charge in [-0.3, -0.25) is 0 Å². The number of hydrogen-bond donors (Lipinski definition) is 1. The maximum Gasteiger partial charge on any atom is 0.317 e. The molecule has 0 saturated carbocycles. The van der Waals surface area contributed by atoms with E-state index in [9.17, 15) is 4.79 Å². The van der Waals surface area contributed by atoms with Crippen LogP contribution in [0.2, 0.25) is 0 Å². The Kier molecular flexibility index (Phi) is 5.69. The van der Waals surface area contributed by atoms with Crippen molar-refractivity contribution in [3.05, 3.63) is 71.8 Å². The number of carbonyl (C=O) groups is 1. The Bertz CT molecular complexity index is 716. The summed E-state index contributed by atoms with van der Waals surface area (Å²) in [5.41, 5.74) is 2.30. The summed E-state index contributed by atoms with van der Waals surface area (Å²) in [7, 11) is 0. The highest BCUT2D eigenvalue weighted by molar-refractivity contribution is 5.75. The summed E-state index contributed by atoms with van der Waals surface area (Å²) in [6.07, 6.45) is 2.28. The zero-order valence-electron chi connectivity index (χ0n) is 14.3. The standard InChI is InChI=1S/C21H23N3O/c22-16-18-11-13-24(14-12-18)21(25)23-20(19-9-5-2-6-10-19)15-17-7-3-1-4-8-17/h1-10,18,20H,11-15H2,(H,23,25)/t20-/m0/s1. The van der Waals surface area contributed by atoms with E-state index in [1.807, 2.05) is 41.3 Å². The molecule has 1 aliphatic heterocycles. The first-order valence-electron chi connectivity index (χ1n) is 8.80. The van der Waals surface area contributed by atoms with Crippen LogP contribution < -0.4 is 5.32 Å². The third-order valence-corrected chi connectivity index (χ3v) is 4.75. The second-order valence-corrected chi connectivity index (χ2v) is 6.49. The predicted molar refractivity (Wildman–Crippen MR) is 97.8 cm³/mol. The molecule has 25 heavy (non-hydrogen) atoms. The van der Waals surface area contributed by atoms with Gasteiger partial charge in [-0.05, 0) is 30.4 Å². The minimum atomic E-state index is -0.0650. The van der Waals surface area contributed by atoms with Gasteiger partial charge in [0.2, 0.25) is 0 Å². The molecule has 1 saturated heterocycles. The first-order valence-corrected chi connectivity index (χ1v) is 8.80. The average molecular weight is 333 g/mol. The Morgan fingerprint density at radius 1 is 1.08 bits per heavy atom. The third-order valence-electron chi connectivity index (χ3n) is 4.75. The van der Waals surface area contributed by atoms with E-state index in [4.69, 9.17) is 5.26 Å². The molecular weight excluding hydrogens is 310 g/mol. The number of piperidine rings is 1. The molecule has 1 fully saturated rings. The number of urea groups is 1. The van der Waals surface area contributed by atoms with E-state index in [2.05, 4.69) is 35.7 Å². The topological polar surface area (TPSA) is 56.1 Å². The van der Waals surface area contributed by atoms with Gasteiger partial charge in [-0.1, -0.05) is 60.7 Å². The van der Waals surface area contributed by atoms with Gasteiger partial charge in [-0.2, -0.15) is 5.26 Å². The van der Waals surface area contributed by atoms with Crippen LogP contribution in [-0.4, -0.2) is 24.0 Å². The highest BCUT2D eigenvalue weighted by Crippen LogP contribution is 2.21. The van der Waals surface area contributed by atoms with Crippen molar-refractivity contribution in [2.24, 2.45) is 5.92 Å². The van der Waals surface area contributed by atoms with Crippen molar-refractivity contribution in [1.29, 1.82) is 5.26 Å². The minimum absolute atomic E-state index is 0.0406. The molecule has 0 bridgehead atoms. The van der Waals surface area contributed by atoms with Crippen LogP contribution in [0.4, 0.5) is 4.79 Å².